The summed E-state index contributed by atoms with van der Waals surface area (Å²) in [6.07, 6.45) is -2.83. The van der Waals surface area contributed by atoms with Gasteiger partial charge in [0.2, 0.25) is 6.20 Å². The lowest BCUT2D eigenvalue weighted by atomic mass is 10.1. The number of halogens is 3. The average Bonchev–Trinajstić information content (AvgIpc) is 2.14. The smallest absolute Gasteiger partial charge is 0.259 e. The molecule has 1 aromatic rings. The van der Waals surface area contributed by atoms with Gasteiger partial charge < -0.3 is 0 Å². The maximum Gasteiger partial charge on any atom is 0.416 e. The summed E-state index contributed by atoms with van der Waals surface area (Å²) in [7, 11) is 0. The molecule has 0 amide bonds. The van der Waals surface area contributed by atoms with Gasteiger partial charge in [0.15, 0.2) is 0 Å². The van der Waals surface area contributed by atoms with Crippen molar-refractivity contribution in [3.05, 3.63) is 51.7 Å². The molecule has 0 heterocycles. The van der Waals surface area contributed by atoms with Gasteiger partial charge in [-0.05, 0) is 17.7 Å². The Labute approximate surface area is 83.0 Å². The predicted molar refractivity (Wildman–Crippen MR) is 47.5 cm³/mol. The molecule has 0 radical (unpaired) electrons. The van der Waals surface area contributed by atoms with Gasteiger partial charge in [-0.2, -0.15) is 13.2 Å². The first-order chi connectivity index (χ1) is 6.89. The molecule has 3 nitrogen and oxygen atoms in total. The van der Waals surface area contributed by atoms with E-state index in [1.54, 1.807) is 0 Å². The lowest BCUT2D eigenvalue weighted by molar-refractivity contribution is -0.400. The third-order valence-corrected chi connectivity index (χ3v) is 1.60. The van der Waals surface area contributed by atoms with Gasteiger partial charge in [0.25, 0.3) is 0 Å². The Balaban J connectivity index is 2.98. The molecule has 1 aromatic carbocycles. The molecule has 0 aliphatic heterocycles. The third-order valence-electron chi connectivity index (χ3n) is 1.60. The zero-order valence-corrected chi connectivity index (χ0v) is 7.36. The topological polar surface area (TPSA) is 43.1 Å². The molecule has 6 heteroatoms. The van der Waals surface area contributed by atoms with Crippen LogP contribution in [0.2, 0.25) is 0 Å². The van der Waals surface area contributed by atoms with Gasteiger partial charge in [0.05, 0.1) is 10.5 Å². The second-order valence-corrected chi connectivity index (χ2v) is 2.72. The van der Waals surface area contributed by atoms with Crippen molar-refractivity contribution in [1.82, 2.24) is 0 Å². The van der Waals surface area contributed by atoms with Crippen molar-refractivity contribution in [2.24, 2.45) is 0 Å². The van der Waals surface area contributed by atoms with E-state index >= 15 is 0 Å². The van der Waals surface area contributed by atoms with Gasteiger partial charge >= 0.3 is 6.18 Å². The van der Waals surface area contributed by atoms with Crippen LogP contribution in [0.3, 0.4) is 0 Å². The minimum absolute atomic E-state index is 0.140. The van der Waals surface area contributed by atoms with Gasteiger partial charge in [0.1, 0.15) is 0 Å². The average molecular weight is 217 g/mol. The third kappa shape index (κ3) is 3.41. The predicted octanol–water partition coefficient (Wildman–Crippen LogP) is 2.95. The number of nitro groups is 1. The van der Waals surface area contributed by atoms with Crippen LogP contribution < -0.4 is 0 Å². The number of rotatable bonds is 2. The highest BCUT2D eigenvalue weighted by molar-refractivity contribution is 5.49. The Morgan fingerprint density at radius 3 is 2.53 bits per heavy atom. The first-order valence-corrected chi connectivity index (χ1v) is 3.88. The van der Waals surface area contributed by atoms with Crippen LogP contribution >= 0.6 is 0 Å². The van der Waals surface area contributed by atoms with Gasteiger partial charge in [-0.1, -0.05) is 12.1 Å². The Morgan fingerprint density at radius 2 is 2.00 bits per heavy atom. The second-order valence-electron chi connectivity index (χ2n) is 2.72. The Kier molecular flexibility index (Phi) is 3.08. The first kappa shape index (κ1) is 11.2. The molecule has 0 saturated heterocycles. The fourth-order valence-electron chi connectivity index (χ4n) is 0.966. The number of hydrogen-bond acceptors (Lipinski definition) is 2. The van der Waals surface area contributed by atoms with E-state index in [1.165, 1.54) is 12.1 Å². The Bertz CT molecular complexity index is 399. The summed E-state index contributed by atoms with van der Waals surface area (Å²) in [5.74, 6) is 0. The number of alkyl halides is 3. The number of nitrogens with zero attached hydrogens (tertiary/aromatic N) is 1. The highest BCUT2D eigenvalue weighted by atomic mass is 19.4. The normalized spacial score (nSPS) is 11.9. The summed E-state index contributed by atoms with van der Waals surface area (Å²) >= 11 is 0. The van der Waals surface area contributed by atoms with E-state index in [2.05, 4.69) is 0 Å². The highest BCUT2D eigenvalue weighted by Crippen LogP contribution is 2.29. The van der Waals surface area contributed by atoms with Crippen LogP contribution in [-0.4, -0.2) is 4.92 Å². The molecule has 0 spiro atoms. The van der Waals surface area contributed by atoms with E-state index in [1.807, 2.05) is 0 Å². The minimum Gasteiger partial charge on any atom is -0.259 e. The highest BCUT2D eigenvalue weighted by Gasteiger charge is 2.30. The monoisotopic (exact) mass is 217 g/mol. The summed E-state index contributed by atoms with van der Waals surface area (Å²) in [5.41, 5.74) is -0.686. The Hall–Kier alpha value is -1.85. The molecule has 0 fully saturated rings. The largest absolute Gasteiger partial charge is 0.416 e. The first-order valence-electron chi connectivity index (χ1n) is 3.88. The van der Waals surface area contributed by atoms with Crippen LogP contribution in [-0.2, 0) is 6.18 Å². The van der Waals surface area contributed by atoms with Crippen LogP contribution in [0.4, 0.5) is 13.2 Å². The summed E-state index contributed by atoms with van der Waals surface area (Å²) in [6, 6.07) is 4.31. The van der Waals surface area contributed by atoms with E-state index in [0.29, 0.717) is 6.20 Å². The molecule has 0 saturated carbocycles. The molecule has 0 aliphatic rings. The van der Waals surface area contributed by atoms with Crippen molar-refractivity contribution in [2.45, 2.75) is 6.18 Å². The summed E-state index contributed by atoms with van der Waals surface area (Å²) in [6.45, 7) is 0. The lowest BCUT2D eigenvalue weighted by Gasteiger charge is -2.06. The van der Waals surface area contributed by atoms with Crippen molar-refractivity contribution >= 4 is 6.08 Å². The number of benzene rings is 1. The minimum atomic E-state index is -4.43. The van der Waals surface area contributed by atoms with E-state index in [4.69, 9.17) is 0 Å². The van der Waals surface area contributed by atoms with Crippen LogP contribution in [0.5, 0.6) is 0 Å². The maximum absolute atomic E-state index is 12.2. The summed E-state index contributed by atoms with van der Waals surface area (Å²) in [5, 5.41) is 9.95. The quantitative estimate of drug-likeness (QED) is 0.564. The van der Waals surface area contributed by atoms with Gasteiger partial charge in [-0.3, -0.25) is 10.1 Å². The van der Waals surface area contributed by atoms with Crippen molar-refractivity contribution in [3.8, 4) is 0 Å². The molecule has 0 atom stereocenters. The molecule has 0 bridgehead atoms. The molecule has 0 aromatic heterocycles. The van der Waals surface area contributed by atoms with Crippen LogP contribution in [0, 0.1) is 10.1 Å². The molecule has 15 heavy (non-hydrogen) atoms. The van der Waals surface area contributed by atoms with Crippen molar-refractivity contribution in [2.75, 3.05) is 0 Å². The molecule has 0 N–H and O–H groups in total. The molecule has 0 unspecified atom stereocenters. The fraction of sp³-hybridized carbons (Fsp3) is 0.111. The van der Waals surface area contributed by atoms with E-state index in [-0.39, 0.29) is 5.56 Å². The van der Waals surface area contributed by atoms with E-state index in [9.17, 15) is 23.3 Å². The maximum atomic E-state index is 12.2. The number of hydrogen-bond donors (Lipinski definition) is 0. The Morgan fingerprint density at radius 1 is 1.33 bits per heavy atom. The summed E-state index contributed by atoms with van der Waals surface area (Å²) in [4.78, 5) is 9.22. The van der Waals surface area contributed by atoms with Crippen molar-refractivity contribution in [3.63, 3.8) is 0 Å². The SMILES string of the molecule is O=[N+]([O-])/C=C/c1cccc(C(F)(F)F)c1. The molecule has 1 rings (SSSR count). The van der Waals surface area contributed by atoms with E-state index < -0.39 is 16.7 Å². The van der Waals surface area contributed by atoms with Gasteiger partial charge in [-0.25, -0.2) is 0 Å². The van der Waals surface area contributed by atoms with Gasteiger partial charge in [0, 0.05) is 6.08 Å². The van der Waals surface area contributed by atoms with Crippen LogP contribution in [0.15, 0.2) is 30.5 Å². The lowest BCUT2D eigenvalue weighted by Crippen LogP contribution is -2.04. The standard InChI is InChI=1S/C9H6F3NO2/c10-9(11,12)8-3-1-2-7(6-8)4-5-13(14)15/h1-6H/b5-4+. The molecular formula is C9H6F3NO2. The second kappa shape index (κ2) is 4.12. The molecule has 80 valence electrons. The molecular weight excluding hydrogens is 211 g/mol. The zero-order chi connectivity index (χ0) is 11.5. The molecule has 0 aliphatic carbocycles. The van der Waals surface area contributed by atoms with Gasteiger partial charge in [-0.15, -0.1) is 0 Å². The van der Waals surface area contributed by atoms with Crippen molar-refractivity contribution < 1.29 is 18.1 Å². The fourth-order valence-corrected chi connectivity index (χ4v) is 0.966. The van der Waals surface area contributed by atoms with Crippen LogP contribution in [0.1, 0.15) is 11.1 Å². The van der Waals surface area contributed by atoms with E-state index in [0.717, 1.165) is 18.2 Å². The zero-order valence-electron chi connectivity index (χ0n) is 7.36. The van der Waals surface area contributed by atoms with Crippen molar-refractivity contribution in [1.29, 1.82) is 0 Å². The van der Waals surface area contributed by atoms with Crippen LogP contribution in [0.25, 0.3) is 6.08 Å². The summed E-state index contributed by atoms with van der Waals surface area (Å²) < 4.78 is 36.6.